The van der Waals surface area contributed by atoms with Crippen LogP contribution in [-0.4, -0.2) is 17.3 Å². The molecule has 0 aromatic heterocycles. The molecule has 1 aromatic rings. The van der Waals surface area contributed by atoms with E-state index in [1.54, 1.807) is 19.9 Å². The molecule has 0 heterocycles. The van der Waals surface area contributed by atoms with Crippen molar-refractivity contribution >= 4 is 0 Å². The lowest BCUT2D eigenvalue weighted by atomic mass is 9.91. The van der Waals surface area contributed by atoms with Gasteiger partial charge in [-0.05, 0) is 51.0 Å². The molecule has 1 unspecified atom stereocenters. The molecule has 0 fully saturated rings. The minimum Gasteiger partial charge on any atom is -0.385 e. The summed E-state index contributed by atoms with van der Waals surface area (Å²) in [4.78, 5) is 0. The zero-order valence-electron chi connectivity index (χ0n) is 10.2. The lowest BCUT2D eigenvalue weighted by Crippen LogP contribution is -2.33. The Hall–Kier alpha value is -0.930. The van der Waals surface area contributed by atoms with Gasteiger partial charge in [0.1, 0.15) is 11.9 Å². The number of aliphatic hydroxyl groups is 1. The molecule has 0 saturated carbocycles. The van der Waals surface area contributed by atoms with E-state index in [0.717, 1.165) is 5.56 Å². The van der Waals surface area contributed by atoms with Crippen molar-refractivity contribution in [1.82, 2.24) is 0 Å². The molecule has 0 bridgehead atoms. The van der Waals surface area contributed by atoms with Crippen molar-refractivity contribution in [3.63, 3.8) is 0 Å². The van der Waals surface area contributed by atoms with E-state index in [9.17, 15) is 9.50 Å². The molecule has 0 spiro atoms. The Bertz CT molecular complexity index is 361. The predicted octanol–water partition coefficient (Wildman–Crippen LogP) is 2.98. The van der Waals surface area contributed by atoms with Gasteiger partial charge in [-0.2, -0.15) is 0 Å². The number of hydrogen-bond donors (Lipinski definition) is 1. The van der Waals surface area contributed by atoms with Crippen LogP contribution in [0.15, 0.2) is 18.2 Å². The van der Waals surface area contributed by atoms with Crippen LogP contribution in [0.1, 0.15) is 38.0 Å². The quantitative estimate of drug-likeness (QED) is 0.855. The van der Waals surface area contributed by atoms with Crippen LogP contribution in [0.3, 0.4) is 0 Å². The molecule has 1 N–H and O–H groups in total. The Balaban J connectivity index is 3.03. The average molecular weight is 226 g/mol. The van der Waals surface area contributed by atoms with Crippen LogP contribution in [0.25, 0.3) is 0 Å². The number of aliphatic hydroxyl groups excluding tert-OH is 1. The van der Waals surface area contributed by atoms with Crippen LogP contribution in [0, 0.1) is 12.7 Å². The molecule has 0 amide bonds. The standard InChI is InChI=1S/C13H19FO2/c1-5-16-13(3,4)12(15)11-8-10(14)7-6-9(11)2/h6-8,12,15H,5H2,1-4H3. The summed E-state index contributed by atoms with van der Waals surface area (Å²) in [6.07, 6.45) is -0.830. The van der Waals surface area contributed by atoms with Gasteiger partial charge in [0.05, 0.1) is 5.60 Å². The summed E-state index contributed by atoms with van der Waals surface area (Å²) in [5.74, 6) is -0.341. The van der Waals surface area contributed by atoms with Gasteiger partial charge >= 0.3 is 0 Å². The van der Waals surface area contributed by atoms with Gasteiger partial charge in [0, 0.05) is 6.61 Å². The van der Waals surface area contributed by atoms with Crippen LogP contribution in [0.4, 0.5) is 4.39 Å². The summed E-state index contributed by atoms with van der Waals surface area (Å²) < 4.78 is 18.6. The summed E-state index contributed by atoms with van der Waals surface area (Å²) >= 11 is 0. The molecule has 0 aliphatic heterocycles. The van der Waals surface area contributed by atoms with Crippen molar-refractivity contribution in [2.75, 3.05) is 6.61 Å². The Morgan fingerprint density at radius 2 is 2.06 bits per heavy atom. The van der Waals surface area contributed by atoms with Gasteiger partial charge in [-0.3, -0.25) is 0 Å². The molecule has 0 aliphatic carbocycles. The van der Waals surface area contributed by atoms with E-state index in [4.69, 9.17) is 4.74 Å². The van der Waals surface area contributed by atoms with Gasteiger partial charge in [0.25, 0.3) is 0 Å². The van der Waals surface area contributed by atoms with Gasteiger partial charge in [-0.15, -0.1) is 0 Å². The highest BCUT2D eigenvalue weighted by Gasteiger charge is 2.30. The van der Waals surface area contributed by atoms with Gasteiger partial charge in [-0.1, -0.05) is 6.07 Å². The van der Waals surface area contributed by atoms with E-state index in [2.05, 4.69) is 0 Å². The van der Waals surface area contributed by atoms with Crippen LogP contribution >= 0.6 is 0 Å². The number of rotatable bonds is 4. The van der Waals surface area contributed by atoms with Gasteiger partial charge < -0.3 is 9.84 Å². The molecule has 0 aliphatic rings. The van der Waals surface area contributed by atoms with Gasteiger partial charge in [-0.25, -0.2) is 4.39 Å². The maximum Gasteiger partial charge on any atom is 0.123 e. The fourth-order valence-electron chi connectivity index (χ4n) is 1.73. The first-order valence-electron chi connectivity index (χ1n) is 5.46. The fourth-order valence-corrected chi connectivity index (χ4v) is 1.73. The third-order valence-corrected chi connectivity index (χ3v) is 2.71. The second-order valence-electron chi connectivity index (χ2n) is 4.44. The Morgan fingerprint density at radius 1 is 1.44 bits per heavy atom. The first-order chi connectivity index (χ1) is 7.38. The Labute approximate surface area is 96.1 Å². The summed E-state index contributed by atoms with van der Waals surface area (Å²) in [7, 11) is 0. The van der Waals surface area contributed by atoms with Crippen molar-refractivity contribution in [2.24, 2.45) is 0 Å². The summed E-state index contributed by atoms with van der Waals surface area (Å²) in [6.45, 7) is 7.82. The first-order valence-corrected chi connectivity index (χ1v) is 5.46. The van der Waals surface area contributed by atoms with Crippen LogP contribution in [-0.2, 0) is 4.74 Å². The van der Waals surface area contributed by atoms with E-state index in [-0.39, 0.29) is 5.82 Å². The lowest BCUT2D eigenvalue weighted by molar-refractivity contribution is -0.0986. The zero-order valence-corrected chi connectivity index (χ0v) is 10.2. The Kier molecular flexibility index (Phi) is 4.05. The topological polar surface area (TPSA) is 29.5 Å². The molecule has 0 radical (unpaired) electrons. The van der Waals surface area contributed by atoms with Gasteiger partial charge in [0.15, 0.2) is 0 Å². The largest absolute Gasteiger partial charge is 0.385 e. The van der Waals surface area contributed by atoms with Crippen LogP contribution < -0.4 is 0 Å². The third-order valence-electron chi connectivity index (χ3n) is 2.71. The van der Waals surface area contributed by atoms with Crippen molar-refractivity contribution < 1.29 is 14.2 Å². The molecule has 1 aromatic carbocycles. The molecule has 1 atom stereocenters. The maximum atomic E-state index is 13.1. The lowest BCUT2D eigenvalue weighted by Gasteiger charge is -2.31. The highest BCUT2D eigenvalue weighted by atomic mass is 19.1. The zero-order chi connectivity index (χ0) is 12.3. The number of aryl methyl sites for hydroxylation is 1. The second kappa shape index (κ2) is 4.93. The first kappa shape index (κ1) is 13.1. The normalized spacial score (nSPS) is 13.9. The van der Waals surface area contributed by atoms with Crippen LogP contribution in [0.2, 0.25) is 0 Å². The number of ether oxygens (including phenoxy) is 1. The monoisotopic (exact) mass is 226 g/mol. The van der Waals surface area contributed by atoms with Crippen molar-refractivity contribution in [2.45, 2.75) is 39.4 Å². The summed E-state index contributed by atoms with van der Waals surface area (Å²) in [5.41, 5.74) is 0.730. The SMILES string of the molecule is CCOC(C)(C)C(O)c1cc(F)ccc1C. The van der Waals surface area contributed by atoms with E-state index in [1.807, 2.05) is 13.8 Å². The van der Waals surface area contributed by atoms with E-state index in [0.29, 0.717) is 12.2 Å². The van der Waals surface area contributed by atoms with E-state index < -0.39 is 11.7 Å². The van der Waals surface area contributed by atoms with E-state index >= 15 is 0 Å². The van der Waals surface area contributed by atoms with Crippen molar-refractivity contribution in [3.8, 4) is 0 Å². The van der Waals surface area contributed by atoms with Crippen LogP contribution in [0.5, 0.6) is 0 Å². The second-order valence-corrected chi connectivity index (χ2v) is 4.44. The summed E-state index contributed by atoms with van der Waals surface area (Å²) in [5, 5.41) is 10.2. The minimum atomic E-state index is -0.830. The van der Waals surface area contributed by atoms with Gasteiger partial charge in [0.2, 0.25) is 0 Å². The Morgan fingerprint density at radius 3 is 2.62 bits per heavy atom. The molecular weight excluding hydrogens is 207 g/mol. The maximum absolute atomic E-state index is 13.1. The fraction of sp³-hybridized carbons (Fsp3) is 0.538. The highest BCUT2D eigenvalue weighted by molar-refractivity contribution is 5.30. The highest BCUT2D eigenvalue weighted by Crippen LogP contribution is 2.31. The number of hydrogen-bond acceptors (Lipinski definition) is 2. The molecule has 90 valence electrons. The number of benzene rings is 1. The molecule has 0 saturated heterocycles. The summed E-state index contributed by atoms with van der Waals surface area (Å²) in [6, 6.07) is 4.41. The van der Waals surface area contributed by atoms with E-state index in [1.165, 1.54) is 12.1 Å². The van der Waals surface area contributed by atoms with Crippen molar-refractivity contribution in [3.05, 3.63) is 35.1 Å². The minimum absolute atomic E-state index is 0.341. The average Bonchev–Trinajstić information content (AvgIpc) is 2.20. The third kappa shape index (κ3) is 2.80. The molecular formula is C13H19FO2. The van der Waals surface area contributed by atoms with Crippen molar-refractivity contribution in [1.29, 1.82) is 0 Å². The number of halogens is 1. The molecule has 3 heteroatoms. The molecule has 16 heavy (non-hydrogen) atoms. The molecule has 1 rings (SSSR count). The smallest absolute Gasteiger partial charge is 0.123 e. The predicted molar refractivity (Wildman–Crippen MR) is 61.8 cm³/mol. The molecule has 2 nitrogen and oxygen atoms in total.